The van der Waals surface area contributed by atoms with Gasteiger partial charge in [0.15, 0.2) is 0 Å². The van der Waals surface area contributed by atoms with Gasteiger partial charge in [0.2, 0.25) is 10.0 Å². The molecular weight excluding hydrogens is 270 g/mol. The number of benzene rings is 1. The molecule has 0 saturated heterocycles. The molecule has 1 N–H and O–H groups in total. The lowest BCUT2D eigenvalue weighted by molar-refractivity contribution is 0.227. The van der Waals surface area contributed by atoms with Crippen molar-refractivity contribution in [3.63, 3.8) is 0 Å². The monoisotopic (exact) mass is 295 g/mol. The van der Waals surface area contributed by atoms with E-state index in [1.165, 1.54) is 6.42 Å². The maximum absolute atomic E-state index is 12.6. The van der Waals surface area contributed by atoms with Crippen molar-refractivity contribution in [2.45, 2.75) is 57.9 Å². The van der Waals surface area contributed by atoms with Crippen molar-refractivity contribution < 1.29 is 8.42 Å². The van der Waals surface area contributed by atoms with E-state index in [0.29, 0.717) is 16.7 Å². The lowest BCUT2D eigenvalue weighted by Gasteiger charge is -2.34. The molecule has 1 fully saturated rings. The second-order valence-corrected chi connectivity index (χ2v) is 7.95. The summed E-state index contributed by atoms with van der Waals surface area (Å²) in [7, 11) is -3.41. The van der Waals surface area contributed by atoms with Crippen LogP contribution in [0.2, 0.25) is 0 Å². The molecule has 3 nitrogen and oxygen atoms in total. The van der Waals surface area contributed by atoms with Gasteiger partial charge in [-0.15, -0.1) is 0 Å². The van der Waals surface area contributed by atoms with Crippen LogP contribution in [0.5, 0.6) is 0 Å². The fraction of sp³-hybridized carbons (Fsp3) is 0.625. The molecule has 0 radical (unpaired) electrons. The van der Waals surface area contributed by atoms with Gasteiger partial charge in [-0.1, -0.05) is 44.4 Å². The molecule has 0 bridgehead atoms. The molecule has 1 aromatic carbocycles. The molecule has 1 aromatic rings. The van der Waals surface area contributed by atoms with E-state index in [0.717, 1.165) is 24.0 Å². The highest BCUT2D eigenvalue weighted by Gasteiger charge is 2.31. The fourth-order valence-electron chi connectivity index (χ4n) is 3.11. The summed E-state index contributed by atoms with van der Waals surface area (Å²) >= 11 is 0. The van der Waals surface area contributed by atoms with Crippen molar-refractivity contribution in [1.29, 1.82) is 0 Å². The lowest BCUT2D eigenvalue weighted by atomic mass is 9.78. The van der Waals surface area contributed by atoms with Crippen LogP contribution in [0.1, 0.15) is 44.2 Å². The van der Waals surface area contributed by atoms with Crippen molar-refractivity contribution in [3.8, 4) is 0 Å². The van der Waals surface area contributed by atoms with Gasteiger partial charge >= 0.3 is 0 Å². The summed E-state index contributed by atoms with van der Waals surface area (Å²) < 4.78 is 28.1. The zero-order chi connectivity index (χ0) is 14.9. The Balaban J connectivity index is 2.22. The molecule has 0 amide bonds. The molecule has 1 aliphatic rings. The van der Waals surface area contributed by atoms with Gasteiger partial charge < -0.3 is 0 Å². The van der Waals surface area contributed by atoms with E-state index in [9.17, 15) is 8.42 Å². The van der Waals surface area contributed by atoms with Crippen LogP contribution in [0.4, 0.5) is 0 Å². The van der Waals surface area contributed by atoms with Gasteiger partial charge in [-0.05, 0) is 43.7 Å². The molecule has 2 rings (SSSR count). The van der Waals surface area contributed by atoms with Crippen LogP contribution in [0.3, 0.4) is 0 Å². The zero-order valence-corrected chi connectivity index (χ0v) is 13.6. The maximum atomic E-state index is 12.6. The van der Waals surface area contributed by atoms with Crippen molar-refractivity contribution in [2.75, 3.05) is 0 Å². The van der Waals surface area contributed by atoms with Crippen LogP contribution in [0, 0.1) is 25.7 Å². The summed E-state index contributed by atoms with van der Waals surface area (Å²) in [4.78, 5) is 0.411. The minimum Gasteiger partial charge on any atom is -0.208 e. The molecule has 0 heterocycles. The van der Waals surface area contributed by atoms with Crippen LogP contribution in [0.15, 0.2) is 23.1 Å². The predicted molar refractivity (Wildman–Crippen MR) is 82.2 cm³/mol. The minimum atomic E-state index is -3.41. The summed E-state index contributed by atoms with van der Waals surface area (Å²) in [5.41, 5.74) is 1.90. The first-order chi connectivity index (χ1) is 9.31. The number of nitrogens with one attached hydrogen (secondary N) is 1. The van der Waals surface area contributed by atoms with Gasteiger partial charge in [0.25, 0.3) is 0 Å². The third kappa shape index (κ3) is 3.23. The van der Waals surface area contributed by atoms with Crippen molar-refractivity contribution >= 4 is 10.0 Å². The maximum Gasteiger partial charge on any atom is 0.241 e. The van der Waals surface area contributed by atoms with Gasteiger partial charge in [0.05, 0.1) is 4.90 Å². The highest BCUT2D eigenvalue weighted by Crippen LogP contribution is 2.30. The molecule has 3 atom stereocenters. The highest BCUT2D eigenvalue weighted by molar-refractivity contribution is 7.89. The average Bonchev–Trinajstić information content (AvgIpc) is 2.34. The Morgan fingerprint density at radius 3 is 2.50 bits per heavy atom. The predicted octanol–water partition coefficient (Wildman–Crippen LogP) is 3.41. The van der Waals surface area contributed by atoms with Gasteiger partial charge in [-0.3, -0.25) is 0 Å². The standard InChI is InChI=1S/C16H25NO2S/c1-11-8-9-16(13(3)10-11)20(18,19)17-15-7-5-6-12(2)14(15)4/h8-10,12,14-15,17H,5-7H2,1-4H3/t12-,14-,15-/m0/s1. The van der Waals surface area contributed by atoms with Crippen LogP contribution in [-0.2, 0) is 10.0 Å². The summed E-state index contributed by atoms with van der Waals surface area (Å²) in [6.07, 6.45) is 3.24. The third-order valence-electron chi connectivity index (χ3n) is 4.63. The van der Waals surface area contributed by atoms with Gasteiger partial charge in [0.1, 0.15) is 0 Å². The van der Waals surface area contributed by atoms with Gasteiger partial charge in [-0.2, -0.15) is 0 Å². The van der Waals surface area contributed by atoms with E-state index in [-0.39, 0.29) is 6.04 Å². The van der Waals surface area contributed by atoms with E-state index in [1.54, 1.807) is 6.07 Å². The average molecular weight is 295 g/mol. The van der Waals surface area contributed by atoms with Crippen LogP contribution < -0.4 is 4.72 Å². The molecular formula is C16H25NO2S. The molecule has 0 aliphatic heterocycles. The second-order valence-electron chi connectivity index (χ2n) is 6.26. The Kier molecular flexibility index (Phi) is 4.55. The third-order valence-corrected chi connectivity index (χ3v) is 6.28. The molecule has 0 aromatic heterocycles. The van der Waals surface area contributed by atoms with Crippen molar-refractivity contribution in [2.24, 2.45) is 11.8 Å². The normalized spacial score (nSPS) is 27.5. The number of rotatable bonds is 3. The molecule has 0 unspecified atom stereocenters. The quantitative estimate of drug-likeness (QED) is 0.929. The van der Waals surface area contributed by atoms with Crippen molar-refractivity contribution in [1.82, 2.24) is 4.72 Å². The van der Waals surface area contributed by atoms with Crippen LogP contribution in [-0.4, -0.2) is 14.5 Å². The fourth-order valence-corrected chi connectivity index (χ4v) is 4.70. The minimum absolute atomic E-state index is 0.0597. The lowest BCUT2D eigenvalue weighted by Crippen LogP contribution is -2.43. The summed E-state index contributed by atoms with van der Waals surface area (Å²) in [5.74, 6) is 0.972. The molecule has 0 spiro atoms. The Morgan fingerprint density at radius 1 is 1.15 bits per heavy atom. The summed E-state index contributed by atoms with van der Waals surface area (Å²) in [5, 5.41) is 0. The highest BCUT2D eigenvalue weighted by atomic mass is 32.2. The Bertz CT molecular complexity index is 580. The molecule has 1 aliphatic carbocycles. The summed E-state index contributed by atoms with van der Waals surface area (Å²) in [6.45, 7) is 8.19. The van der Waals surface area contributed by atoms with Crippen LogP contribution in [0.25, 0.3) is 0 Å². The number of hydrogen-bond acceptors (Lipinski definition) is 2. The van der Waals surface area contributed by atoms with E-state index >= 15 is 0 Å². The molecule has 20 heavy (non-hydrogen) atoms. The van der Waals surface area contributed by atoms with Gasteiger partial charge in [-0.25, -0.2) is 13.1 Å². The van der Waals surface area contributed by atoms with E-state index in [2.05, 4.69) is 18.6 Å². The summed E-state index contributed by atoms with van der Waals surface area (Å²) in [6, 6.07) is 5.55. The molecule has 1 saturated carbocycles. The van der Waals surface area contributed by atoms with Crippen LogP contribution >= 0.6 is 0 Å². The smallest absolute Gasteiger partial charge is 0.208 e. The number of hydrogen-bond donors (Lipinski definition) is 1. The van der Waals surface area contributed by atoms with E-state index < -0.39 is 10.0 Å². The van der Waals surface area contributed by atoms with E-state index in [4.69, 9.17) is 0 Å². The first-order valence-electron chi connectivity index (χ1n) is 7.41. The number of sulfonamides is 1. The largest absolute Gasteiger partial charge is 0.241 e. The Labute approximate surface area is 122 Å². The van der Waals surface area contributed by atoms with Crippen molar-refractivity contribution in [3.05, 3.63) is 29.3 Å². The van der Waals surface area contributed by atoms with Gasteiger partial charge in [0, 0.05) is 6.04 Å². The first-order valence-corrected chi connectivity index (χ1v) is 8.89. The zero-order valence-electron chi connectivity index (χ0n) is 12.8. The second kappa shape index (κ2) is 5.86. The Morgan fingerprint density at radius 2 is 1.85 bits per heavy atom. The molecule has 112 valence electrons. The first kappa shape index (κ1) is 15.5. The van der Waals surface area contributed by atoms with E-state index in [1.807, 2.05) is 26.0 Å². The SMILES string of the molecule is Cc1ccc(S(=O)(=O)N[C@H]2CCC[C@H](C)[C@@H]2C)c(C)c1. The Hall–Kier alpha value is -0.870. The number of aryl methyl sites for hydroxylation is 2. The molecule has 4 heteroatoms. The topological polar surface area (TPSA) is 46.2 Å².